The minimum atomic E-state index is -0.357. The molecule has 4 rings (SSSR count). The van der Waals surface area contributed by atoms with Crippen LogP contribution in [0.5, 0.6) is 5.88 Å². The molecule has 34 heavy (non-hydrogen) atoms. The van der Waals surface area contributed by atoms with Gasteiger partial charge in [0, 0.05) is 18.0 Å². The molecule has 0 radical (unpaired) electrons. The number of Topliss-reactive ketones (excluding diaryl/α,β-unsaturated/α-hetero) is 1. The minimum absolute atomic E-state index is 0.132. The average Bonchev–Trinajstić information content (AvgIpc) is 3.17. The van der Waals surface area contributed by atoms with Gasteiger partial charge in [-0.2, -0.15) is 5.10 Å². The van der Waals surface area contributed by atoms with Crippen LogP contribution in [0.1, 0.15) is 61.8 Å². The zero-order chi connectivity index (χ0) is 24.1. The summed E-state index contributed by atoms with van der Waals surface area (Å²) in [6.07, 6.45) is 6.61. The van der Waals surface area contributed by atoms with Gasteiger partial charge in [-0.3, -0.25) is 19.3 Å². The lowest BCUT2D eigenvalue weighted by Crippen LogP contribution is -2.11. The van der Waals surface area contributed by atoms with Gasteiger partial charge in [-0.25, -0.2) is 9.97 Å². The molecule has 4 aromatic heterocycles. The standard InChI is InChI=1S/C25H28N6O3/c1-4-6-12-34-25-19(13-17(14-27-25)16(3)32)23-28-21-20(9-5-2)31(30-22(21)24(33)29-23)15-18-10-7-8-11-26-18/h7-8,10-11,13-14H,4-6,9,12,15H2,1-3H3,(H,28,29,33). The van der Waals surface area contributed by atoms with E-state index in [0.717, 1.165) is 30.7 Å². The SMILES string of the molecule is CCCCOc1ncc(C(C)=O)cc1-c1nc2c(CCC)n(Cc3ccccn3)nc2c(=O)[nH]1. The second-order valence-electron chi connectivity index (χ2n) is 8.12. The van der Waals surface area contributed by atoms with E-state index in [1.165, 1.54) is 13.1 Å². The topological polar surface area (TPSA) is 116 Å². The summed E-state index contributed by atoms with van der Waals surface area (Å²) in [7, 11) is 0. The van der Waals surface area contributed by atoms with Crippen LogP contribution in [-0.4, -0.2) is 42.1 Å². The van der Waals surface area contributed by atoms with E-state index in [4.69, 9.17) is 9.72 Å². The lowest BCUT2D eigenvalue weighted by Gasteiger charge is -2.11. The van der Waals surface area contributed by atoms with Crippen molar-refractivity contribution >= 4 is 16.8 Å². The number of rotatable bonds is 10. The van der Waals surface area contributed by atoms with Gasteiger partial charge in [-0.1, -0.05) is 32.8 Å². The molecule has 9 heteroatoms. The van der Waals surface area contributed by atoms with Gasteiger partial charge in [0.2, 0.25) is 5.88 Å². The highest BCUT2D eigenvalue weighted by Gasteiger charge is 2.20. The number of carbonyl (C=O) groups excluding carboxylic acids is 1. The van der Waals surface area contributed by atoms with E-state index < -0.39 is 0 Å². The largest absolute Gasteiger partial charge is 0.477 e. The van der Waals surface area contributed by atoms with Crippen LogP contribution in [-0.2, 0) is 13.0 Å². The van der Waals surface area contributed by atoms with E-state index >= 15 is 0 Å². The maximum atomic E-state index is 13.1. The summed E-state index contributed by atoms with van der Waals surface area (Å²) in [6.45, 7) is 6.53. The Morgan fingerprint density at radius 1 is 1.15 bits per heavy atom. The van der Waals surface area contributed by atoms with Gasteiger partial charge in [-0.05, 0) is 38.0 Å². The molecule has 0 aromatic carbocycles. The maximum absolute atomic E-state index is 13.1. The van der Waals surface area contributed by atoms with Gasteiger partial charge in [0.15, 0.2) is 11.3 Å². The summed E-state index contributed by atoms with van der Waals surface area (Å²) in [4.78, 5) is 41.4. The van der Waals surface area contributed by atoms with Crippen LogP contribution in [0.25, 0.3) is 22.4 Å². The first-order valence-electron chi connectivity index (χ1n) is 11.6. The first-order valence-corrected chi connectivity index (χ1v) is 11.6. The number of carbonyl (C=O) groups is 1. The molecule has 0 aliphatic rings. The fraction of sp³-hybridized carbons (Fsp3) is 0.360. The molecule has 0 aliphatic heterocycles. The van der Waals surface area contributed by atoms with E-state index in [1.807, 2.05) is 18.2 Å². The fourth-order valence-corrected chi connectivity index (χ4v) is 3.69. The van der Waals surface area contributed by atoms with Crippen LogP contribution in [0.3, 0.4) is 0 Å². The van der Waals surface area contributed by atoms with Crippen molar-refractivity contribution in [2.24, 2.45) is 0 Å². The monoisotopic (exact) mass is 460 g/mol. The Morgan fingerprint density at radius 2 is 2.00 bits per heavy atom. The summed E-state index contributed by atoms with van der Waals surface area (Å²) >= 11 is 0. The van der Waals surface area contributed by atoms with Crippen LogP contribution in [0.2, 0.25) is 0 Å². The van der Waals surface area contributed by atoms with Gasteiger partial charge in [0.05, 0.1) is 30.1 Å². The number of ether oxygens (including phenoxy) is 1. The molecule has 0 saturated heterocycles. The Balaban J connectivity index is 1.85. The van der Waals surface area contributed by atoms with Crippen molar-refractivity contribution in [3.8, 4) is 17.3 Å². The molecule has 1 N–H and O–H groups in total. The fourth-order valence-electron chi connectivity index (χ4n) is 3.69. The number of ketones is 1. The van der Waals surface area contributed by atoms with Gasteiger partial charge in [0.25, 0.3) is 5.56 Å². The third-order valence-corrected chi connectivity index (χ3v) is 5.47. The second-order valence-corrected chi connectivity index (χ2v) is 8.12. The minimum Gasteiger partial charge on any atom is -0.477 e. The smallest absolute Gasteiger partial charge is 0.279 e. The molecule has 4 aromatic rings. The number of aromatic amines is 1. The number of nitrogens with one attached hydrogen (secondary N) is 1. The number of aryl methyl sites for hydroxylation is 1. The van der Waals surface area contributed by atoms with E-state index in [1.54, 1.807) is 16.9 Å². The molecule has 9 nitrogen and oxygen atoms in total. The zero-order valence-corrected chi connectivity index (χ0v) is 19.7. The lowest BCUT2D eigenvalue weighted by atomic mass is 10.1. The Kier molecular flexibility index (Phi) is 7.10. The third kappa shape index (κ3) is 4.88. The summed E-state index contributed by atoms with van der Waals surface area (Å²) in [5, 5.41) is 4.56. The Morgan fingerprint density at radius 3 is 2.71 bits per heavy atom. The third-order valence-electron chi connectivity index (χ3n) is 5.47. The summed E-state index contributed by atoms with van der Waals surface area (Å²) < 4.78 is 7.66. The molecule has 0 saturated carbocycles. The number of unbranched alkanes of at least 4 members (excludes halogenated alkanes) is 1. The zero-order valence-electron chi connectivity index (χ0n) is 19.7. The number of H-pyrrole nitrogens is 1. The number of nitrogens with zero attached hydrogens (tertiary/aromatic N) is 5. The van der Waals surface area contributed by atoms with Crippen molar-refractivity contribution in [2.75, 3.05) is 6.61 Å². The summed E-state index contributed by atoms with van der Waals surface area (Å²) in [6, 6.07) is 7.36. The van der Waals surface area contributed by atoms with Crippen molar-refractivity contribution in [1.82, 2.24) is 29.7 Å². The predicted octanol–water partition coefficient (Wildman–Crippen LogP) is 3.96. The molecule has 4 heterocycles. The molecular formula is C25H28N6O3. The molecule has 0 bridgehead atoms. The Labute approximate surface area is 197 Å². The van der Waals surface area contributed by atoms with Crippen molar-refractivity contribution in [3.05, 3.63) is 64.0 Å². The molecule has 0 unspecified atom stereocenters. The molecule has 176 valence electrons. The normalized spacial score (nSPS) is 11.1. The quantitative estimate of drug-likeness (QED) is 0.281. The van der Waals surface area contributed by atoms with E-state index in [-0.39, 0.29) is 16.9 Å². The second kappa shape index (κ2) is 10.4. The molecule has 0 atom stereocenters. The predicted molar refractivity (Wildman–Crippen MR) is 129 cm³/mol. The highest BCUT2D eigenvalue weighted by Crippen LogP contribution is 2.28. The van der Waals surface area contributed by atoms with Crippen LogP contribution in [0.15, 0.2) is 41.5 Å². The van der Waals surface area contributed by atoms with Gasteiger partial charge in [0.1, 0.15) is 11.3 Å². The number of hydrogen-bond donors (Lipinski definition) is 1. The first kappa shape index (κ1) is 23.3. The van der Waals surface area contributed by atoms with Crippen LogP contribution in [0.4, 0.5) is 0 Å². The van der Waals surface area contributed by atoms with Gasteiger partial charge >= 0.3 is 0 Å². The van der Waals surface area contributed by atoms with E-state index in [9.17, 15) is 9.59 Å². The summed E-state index contributed by atoms with van der Waals surface area (Å²) in [5.74, 6) is 0.500. The van der Waals surface area contributed by atoms with Crippen LogP contribution < -0.4 is 10.3 Å². The van der Waals surface area contributed by atoms with Crippen molar-refractivity contribution < 1.29 is 9.53 Å². The highest BCUT2D eigenvalue weighted by molar-refractivity contribution is 5.95. The van der Waals surface area contributed by atoms with E-state index in [2.05, 4.69) is 33.9 Å². The van der Waals surface area contributed by atoms with Crippen LogP contribution in [0, 0.1) is 0 Å². The van der Waals surface area contributed by atoms with Crippen LogP contribution >= 0.6 is 0 Å². The number of pyridine rings is 2. The average molecular weight is 461 g/mol. The Hall–Kier alpha value is -3.88. The van der Waals surface area contributed by atoms with Gasteiger partial charge < -0.3 is 9.72 Å². The van der Waals surface area contributed by atoms with E-state index in [0.29, 0.717) is 47.9 Å². The van der Waals surface area contributed by atoms with Crippen molar-refractivity contribution in [1.29, 1.82) is 0 Å². The Bertz CT molecular complexity index is 1360. The molecule has 0 spiro atoms. The summed E-state index contributed by atoms with van der Waals surface area (Å²) in [5.41, 5.74) is 3.04. The van der Waals surface area contributed by atoms with Crippen molar-refractivity contribution in [2.45, 2.75) is 53.0 Å². The first-order chi connectivity index (χ1) is 16.5. The van der Waals surface area contributed by atoms with Crippen molar-refractivity contribution in [3.63, 3.8) is 0 Å². The molecule has 0 aliphatic carbocycles. The van der Waals surface area contributed by atoms with Gasteiger partial charge in [-0.15, -0.1) is 0 Å². The lowest BCUT2D eigenvalue weighted by molar-refractivity contribution is 0.101. The number of fused-ring (bicyclic) bond motifs is 1. The highest BCUT2D eigenvalue weighted by atomic mass is 16.5. The molecule has 0 amide bonds. The molecule has 0 fully saturated rings. The number of aromatic nitrogens is 6. The maximum Gasteiger partial charge on any atom is 0.279 e. The number of hydrogen-bond acceptors (Lipinski definition) is 7. The molecular weight excluding hydrogens is 432 g/mol.